The molecule has 1 aliphatic rings. The zero-order valence-electron chi connectivity index (χ0n) is 11.0. The highest BCUT2D eigenvalue weighted by Gasteiger charge is 2.35. The van der Waals surface area contributed by atoms with E-state index in [0.29, 0.717) is 5.75 Å². The number of carbonyl (C=O) groups excluding carboxylic acids is 2. The van der Waals surface area contributed by atoms with Crippen LogP contribution in [0.2, 0.25) is 0 Å². The van der Waals surface area contributed by atoms with Crippen LogP contribution >= 0.6 is 11.8 Å². The van der Waals surface area contributed by atoms with Crippen molar-refractivity contribution in [3.8, 4) is 0 Å². The van der Waals surface area contributed by atoms with Gasteiger partial charge in [-0.3, -0.25) is 9.59 Å². The van der Waals surface area contributed by atoms with Gasteiger partial charge in [0.1, 0.15) is 6.04 Å². The van der Waals surface area contributed by atoms with Crippen LogP contribution in [0.5, 0.6) is 0 Å². The number of rotatable bonds is 5. The first-order valence-electron chi connectivity index (χ1n) is 5.86. The fourth-order valence-electron chi connectivity index (χ4n) is 1.79. The van der Waals surface area contributed by atoms with Crippen molar-refractivity contribution in [2.24, 2.45) is 5.92 Å². The summed E-state index contributed by atoms with van der Waals surface area (Å²) in [5, 5.41) is 9.06. The monoisotopic (exact) mass is 283 g/mol. The lowest BCUT2D eigenvalue weighted by molar-refractivity contribution is -0.148. The van der Waals surface area contributed by atoms with E-state index in [4.69, 9.17) is 5.11 Å². The Balaban J connectivity index is 2.73. The summed E-state index contributed by atoms with van der Waals surface area (Å²) in [6, 6.07) is -0.940. The number of nitrogens with zero attached hydrogens (tertiary/aromatic N) is 1. The average molecular weight is 283 g/mol. The van der Waals surface area contributed by atoms with Crippen LogP contribution < -0.4 is 0 Å². The van der Waals surface area contributed by atoms with Gasteiger partial charge in [0.05, 0.1) is 0 Å². The first-order valence-corrected chi connectivity index (χ1v) is 6.85. The number of hydrogen-bond acceptors (Lipinski definition) is 4. The molecule has 1 aliphatic heterocycles. The summed E-state index contributed by atoms with van der Waals surface area (Å²) in [4.78, 5) is 35.5. The molecule has 1 N–H and O–H groups in total. The zero-order chi connectivity index (χ0) is 14.6. The minimum atomic E-state index is -1.06. The molecule has 0 aromatic heterocycles. The second-order valence-corrected chi connectivity index (χ2v) is 5.60. The summed E-state index contributed by atoms with van der Waals surface area (Å²) in [6.45, 7) is 6.98. The number of carboxylic acid groups (broad SMARTS) is 1. The van der Waals surface area contributed by atoms with Crippen molar-refractivity contribution < 1.29 is 19.5 Å². The third-order valence-electron chi connectivity index (χ3n) is 2.82. The van der Waals surface area contributed by atoms with E-state index >= 15 is 0 Å². The Kier molecular flexibility index (Phi) is 5.35. The maximum atomic E-state index is 12.2. The highest BCUT2D eigenvalue weighted by molar-refractivity contribution is 8.13. The molecular weight excluding hydrogens is 266 g/mol. The normalized spacial score (nSPS) is 19.8. The van der Waals surface area contributed by atoms with E-state index in [9.17, 15) is 14.4 Å². The van der Waals surface area contributed by atoms with Gasteiger partial charge in [0, 0.05) is 25.1 Å². The molecule has 0 fully saturated rings. The number of aliphatic carboxylic acids is 1. The fraction of sp³-hybridized carbons (Fsp3) is 0.462. The lowest BCUT2D eigenvalue weighted by Gasteiger charge is -2.24. The summed E-state index contributed by atoms with van der Waals surface area (Å²) in [7, 11) is 0. The molecule has 0 radical (unpaired) electrons. The zero-order valence-corrected chi connectivity index (χ0v) is 11.8. The van der Waals surface area contributed by atoms with Crippen molar-refractivity contribution in [3.63, 3.8) is 0 Å². The minimum Gasteiger partial charge on any atom is -0.479 e. The molecule has 5 nitrogen and oxygen atoms in total. The van der Waals surface area contributed by atoms with Gasteiger partial charge in [-0.05, 0) is 11.6 Å². The van der Waals surface area contributed by atoms with E-state index in [1.54, 1.807) is 13.0 Å². The molecule has 6 heteroatoms. The lowest BCUT2D eigenvalue weighted by atomic mass is 10.1. The van der Waals surface area contributed by atoms with E-state index in [1.807, 2.05) is 0 Å². The van der Waals surface area contributed by atoms with Crippen LogP contribution in [0, 0.1) is 5.92 Å². The van der Waals surface area contributed by atoms with Gasteiger partial charge in [0.15, 0.2) is 5.12 Å². The molecule has 1 amide bonds. The second kappa shape index (κ2) is 6.56. The van der Waals surface area contributed by atoms with Crippen LogP contribution in [0.25, 0.3) is 0 Å². The highest BCUT2D eigenvalue weighted by atomic mass is 32.2. The molecular formula is C13H17NO4S. The largest absolute Gasteiger partial charge is 0.479 e. The van der Waals surface area contributed by atoms with Crippen LogP contribution in [0.3, 0.4) is 0 Å². The molecule has 104 valence electrons. The molecule has 1 rings (SSSR count). The molecule has 1 unspecified atom stereocenters. The quantitative estimate of drug-likeness (QED) is 0.823. The van der Waals surface area contributed by atoms with Crippen molar-refractivity contribution in [2.75, 3.05) is 12.3 Å². The van der Waals surface area contributed by atoms with Crippen LogP contribution in [-0.4, -0.2) is 45.3 Å². The molecule has 0 bridgehead atoms. The standard InChI is InChI=1S/C13H17NO4S/c1-4-10-5-11(13(17)18)14(6-10)12(16)8(2)7-19-9(3)15/h4-5,8,11H,1,6-7H2,2-3H3,(H,17,18)/t8-,11?/m1/s1. The van der Waals surface area contributed by atoms with E-state index in [-0.39, 0.29) is 17.6 Å². The van der Waals surface area contributed by atoms with Crippen molar-refractivity contribution in [3.05, 3.63) is 24.3 Å². The minimum absolute atomic E-state index is 0.0548. The molecule has 1 heterocycles. The van der Waals surface area contributed by atoms with Gasteiger partial charge in [-0.25, -0.2) is 4.79 Å². The Labute approximate surface area is 116 Å². The van der Waals surface area contributed by atoms with Gasteiger partial charge in [0.2, 0.25) is 5.91 Å². The maximum absolute atomic E-state index is 12.2. The third kappa shape index (κ3) is 3.96. The topological polar surface area (TPSA) is 74.7 Å². The number of carbonyl (C=O) groups is 3. The molecule has 0 aromatic carbocycles. The molecule has 2 atom stereocenters. The van der Waals surface area contributed by atoms with E-state index in [2.05, 4.69) is 6.58 Å². The number of hydrogen-bond donors (Lipinski definition) is 1. The molecule has 0 spiro atoms. The molecule has 0 saturated carbocycles. The Morgan fingerprint density at radius 1 is 1.63 bits per heavy atom. The summed E-state index contributed by atoms with van der Waals surface area (Å²) < 4.78 is 0. The molecule has 0 saturated heterocycles. The lowest BCUT2D eigenvalue weighted by Crippen LogP contribution is -2.44. The smallest absolute Gasteiger partial charge is 0.330 e. The number of thioether (sulfide) groups is 1. The van der Waals surface area contributed by atoms with Crippen molar-refractivity contribution in [1.82, 2.24) is 4.90 Å². The van der Waals surface area contributed by atoms with Crippen molar-refractivity contribution in [2.45, 2.75) is 19.9 Å². The average Bonchev–Trinajstić information content (AvgIpc) is 2.79. The van der Waals surface area contributed by atoms with Gasteiger partial charge in [-0.15, -0.1) is 0 Å². The van der Waals surface area contributed by atoms with Crippen LogP contribution in [0.4, 0.5) is 0 Å². The predicted molar refractivity (Wildman–Crippen MR) is 73.7 cm³/mol. The SMILES string of the molecule is C=CC1=CC(C(=O)O)N(C(=O)[C@H](C)CSC(C)=O)C1. The predicted octanol–water partition coefficient (Wildman–Crippen LogP) is 1.31. The first kappa shape index (κ1) is 15.5. The fourth-order valence-corrected chi connectivity index (χ4v) is 2.42. The maximum Gasteiger partial charge on any atom is 0.330 e. The third-order valence-corrected chi connectivity index (χ3v) is 3.89. The van der Waals surface area contributed by atoms with Gasteiger partial charge in [-0.2, -0.15) is 0 Å². The Morgan fingerprint density at radius 3 is 2.74 bits per heavy atom. The number of amides is 1. The van der Waals surface area contributed by atoms with E-state index < -0.39 is 17.9 Å². The van der Waals surface area contributed by atoms with Crippen molar-refractivity contribution >= 4 is 28.8 Å². The molecule has 0 aliphatic carbocycles. The Hall–Kier alpha value is -1.56. The summed E-state index contributed by atoms with van der Waals surface area (Å²) in [5.74, 6) is -1.35. The first-order chi connectivity index (χ1) is 8.86. The van der Waals surface area contributed by atoms with Gasteiger partial charge in [-0.1, -0.05) is 31.3 Å². The summed E-state index contributed by atoms with van der Waals surface area (Å²) >= 11 is 1.07. The summed E-state index contributed by atoms with van der Waals surface area (Å²) in [6.07, 6.45) is 3.08. The van der Waals surface area contributed by atoms with E-state index in [1.165, 1.54) is 17.9 Å². The molecule has 0 aromatic rings. The highest BCUT2D eigenvalue weighted by Crippen LogP contribution is 2.21. The number of carboxylic acids is 1. The Morgan fingerprint density at radius 2 is 2.26 bits per heavy atom. The van der Waals surface area contributed by atoms with Gasteiger partial charge >= 0.3 is 5.97 Å². The molecule has 19 heavy (non-hydrogen) atoms. The summed E-state index contributed by atoms with van der Waals surface area (Å²) in [5.41, 5.74) is 0.729. The van der Waals surface area contributed by atoms with Crippen LogP contribution in [0.1, 0.15) is 13.8 Å². The Bertz CT molecular complexity index is 444. The second-order valence-electron chi connectivity index (χ2n) is 4.40. The van der Waals surface area contributed by atoms with Gasteiger partial charge < -0.3 is 10.0 Å². The van der Waals surface area contributed by atoms with Crippen molar-refractivity contribution in [1.29, 1.82) is 0 Å². The van der Waals surface area contributed by atoms with Gasteiger partial charge in [0.25, 0.3) is 0 Å². The van der Waals surface area contributed by atoms with Crippen LogP contribution in [-0.2, 0) is 14.4 Å². The van der Waals surface area contributed by atoms with E-state index in [0.717, 1.165) is 17.3 Å². The van der Waals surface area contributed by atoms with Crippen LogP contribution in [0.15, 0.2) is 24.3 Å².